The summed E-state index contributed by atoms with van der Waals surface area (Å²) in [5, 5.41) is 5.45. The maximum atomic E-state index is 11.9. The van der Waals surface area contributed by atoms with Crippen LogP contribution in [-0.2, 0) is 15.0 Å². The van der Waals surface area contributed by atoms with Crippen molar-refractivity contribution in [1.29, 1.82) is 0 Å². The standard InChI is InChI=1S/C18H29N3O2/c1-12(2)16(19)17(23)20-10-15(22)21-11-18(4,5)14-9-7-6-8-13(14)3/h6-9,12,16H,10-11,19H2,1-5H3,(H,20,23)(H,21,22)/t16-/m0/s1. The Morgan fingerprint density at radius 1 is 1.17 bits per heavy atom. The SMILES string of the molecule is Cc1ccccc1C(C)(C)CNC(=O)CNC(=O)[C@@H](N)C(C)C. The molecule has 1 aromatic rings. The molecule has 0 saturated heterocycles. The summed E-state index contributed by atoms with van der Waals surface area (Å²) in [6.07, 6.45) is 0. The maximum Gasteiger partial charge on any atom is 0.239 e. The first-order chi connectivity index (χ1) is 10.6. The second-order valence-electron chi connectivity index (χ2n) is 6.96. The third-order valence-electron chi connectivity index (χ3n) is 4.05. The fourth-order valence-corrected chi connectivity index (χ4v) is 2.40. The minimum atomic E-state index is -0.591. The van der Waals surface area contributed by atoms with E-state index in [1.54, 1.807) is 0 Å². The van der Waals surface area contributed by atoms with Crippen molar-refractivity contribution in [1.82, 2.24) is 10.6 Å². The highest BCUT2D eigenvalue weighted by molar-refractivity contribution is 5.87. The van der Waals surface area contributed by atoms with Crippen LogP contribution in [0.25, 0.3) is 0 Å². The number of carbonyl (C=O) groups excluding carboxylic acids is 2. The lowest BCUT2D eigenvalue weighted by Crippen LogP contribution is -2.48. The predicted octanol–water partition coefficient (Wildman–Crippen LogP) is 1.49. The molecule has 1 atom stereocenters. The zero-order valence-corrected chi connectivity index (χ0v) is 14.8. The van der Waals surface area contributed by atoms with E-state index in [9.17, 15) is 9.59 Å². The molecule has 0 spiro atoms. The van der Waals surface area contributed by atoms with Crippen molar-refractivity contribution >= 4 is 11.8 Å². The summed E-state index contributed by atoms with van der Waals surface area (Å²) < 4.78 is 0. The van der Waals surface area contributed by atoms with Gasteiger partial charge in [-0.25, -0.2) is 0 Å². The van der Waals surface area contributed by atoms with Gasteiger partial charge in [0.15, 0.2) is 0 Å². The zero-order valence-electron chi connectivity index (χ0n) is 14.8. The highest BCUT2D eigenvalue weighted by Crippen LogP contribution is 2.25. The molecule has 2 amide bonds. The molecule has 0 fully saturated rings. The van der Waals surface area contributed by atoms with Crippen molar-refractivity contribution in [2.24, 2.45) is 11.7 Å². The van der Waals surface area contributed by atoms with Crippen LogP contribution in [-0.4, -0.2) is 30.9 Å². The van der Waals surface area contributed by atoms with E-state index in [0.717, 1.165) is 0 Å². The Morgan fingerprint density at radius 2 is 1.78 bits per heavy atom. The van der Waals surface area contributed by atoms with Gasteiger partial charge in [-0.1, -0.05) is 52.0 Å². The zero-order chi connectivity index (χ0) is 17.6. The molecule has 5 nitrogen and oxygen atoms in total. The fraction of sp³-hybridized carbons (Fsp3) is 0.556. The lowest BCUT2D eigenvalue weighted by molar-refractivity contribution is -0.127. The number of benzene rings is 1. The van der Waals surface area contributed by atoms with Crippen LogP contribution in [0.2, 0.25) is 0 Å². The maximum absolute atomic E-state index is 11.9. The summed E-state index contributed by atoms with van der Waals surface area (Å²) in [7, 11) is 0. The van der Waals surface area contributed by atoms with E-state index in [1.165, 1.54) is 11.1 Å². The van der Waals surface area contributed by atoms with Crippen molar-refractivity contribution in [2.75, 3.05) is 13.1 Å². The molecular formula is C18H29N3O2. The molecule has 0 aliphatic heterocycles. The molecule has 128 valence electrons. The van der Waals surface area contributed by atoms with Crippen LogP contribution in [0.3, 0.4) is 0 Å². The van der Waals surface area contributed by atoms with Crippen LogP contribution in [0, 0.1) is 12.8 Å². The molecule has 4 N–H and O–H groups in total. The third-order valence-corrected chi connectivity index (χ3v) is 4.05. The Bertz CT molecular complexity index is 553. The van der Waals surface area contributed by atoms with Crippen molar-refractivity contribution in [3.8, 4) is 0 Å². The summed E-state index contributed by atoms with van der Waals surface area (Å²) in [5.41, 5.74) is 7.95. The molecule has 0 radical (unpaired) electrons. The van der Waals surface area contributed by atoms with Crippen molar-refractivity contribution in [3.63, 3.8) is 0 Å². The Balaban J connectivity index is 2.50. The molecule has 0 saturated carbocycles. The average molecular weight is 319 g/mol. The smallest absolute Gasteiger partial charge is 0.239 e. The van der Waals surface area contributed by atoms with Crippen molar-refractivity contribution in [2.45, 2.75) is 46.1 Å². The van der Waals surface area contributed by atoms with Gasteiger partial charge in [0, 0.05) is 12.0 Å². The van der Waals surface area contributed by atoms with Gasteiger partial charge in [-0.15, -0.1) is 0 Å². The van der Waals surface area contributed by atoms with Gasteiger partial charge in [0.05, 0.1) is 12.6 Å². The first kappa shape index (κ1) is 19.2. The molecule has 5 heteroatoms. The van der Waals surface area contributed by atoms with E-state index in [1.807, 2.05) is 26.0 Å². The molecule has 0 unspecified atom stereocenters. The Morgan fingerprint density at radius 3 is 2.35 bits per heavy atom. The number of nitrogens with one attached hydrogen (secondary N) is 2. The van der Waals surface area contributed by atoms with Gasteiger partial charge in [-0.2, -0.15) is 0 Å². The molecule has 0 aromatic heterocycles. The average Bonchev–Trinajstić information content (AvgIpc) is 2.50. The fourth-order valence-electron chi connectivity index (χ4n) is 2.40. The molecule has 0 heterocycles. The normalized spacial score (nSPS) is 12.8. The number of rotatable bonds is 7. The third kappa shape index (κ3) is 5.67. The predicted molar refractivity (Wildman–Crippen MR) is 93.0 cm³/mol. The second-order valence-corrected chi connectivity index (χ2v) is 6.96. The Hall–Kier alpha value is -1.88. The van der Waals surface area contributed by atoms with Crippen LogP contribution in [0.1, 0.15) is 38.8 Å². The number of hydrogen-bond donors (Lipinski definition) is 3. The van der Waals surface area contributed by atoms with E-state index in [2.05, 4.69) is 43.5 Å². The van der Waals surface area contributed by atoms with Crippen molar-refractivity contribution in [3.05, 3.63) is 35.4 Å². The molecule has 0 bridgehead atoms. The summed E-state index contributed by atoms with van der Waals surface area (Å²) >= 11 is 0. The Kier molecular flexibility index (Phi) is 6.76. The number of aryl methyl sites for hydroxylation is 1. The van der Waals surface area contributed by atoms with E-state index in [4.69, 9.17) is 5.73 Å². The number of amides is 2. The van der Waals surface area contributed by atoms with Crippen LogP contribution in [0.5, 0.6) is 0 Å². The minimum Gasteiger partial charge on any atom is -0.354 e. The minimum absolute atomic E-state index is 0.0399. The first-order valence-corrected chi connectivity index (χ1v) is 8.01. The lowest BCUT2D eigenvalue weighted by Gasteiger charge is -2.27. The molecule has 23 heavy (non-hydrogen) atoms. The van der Waals surface area contributed by atoms with Gasteiger partial charge in [0.1, 0.15) is 0 Å². The van der Waals surface area contributed by atoms with Crippen LogP contribution in [0.15, 0.2) is 24.3 Å². The summed E-state index contributed by atoms with van der Waals surface area (Å²) in [4.78, 5) is 23.7. The lowest BCUT2D eigenvalue weighted by atomic mass is 9.82. The Labute approximate surface area is 139 Å². The van der Waals surface area contributed by atoms with Gasteiger partial charge in [0.2, 0.25) is 11.8 Å². The van der Waals surface area contributed by atoms with E-state index < -0.39 is 6.04 Å². The first-order valence-electron chi connectivity index (χ1n) is 8.01. The van der Waals surface area contributed by atoms with Crippen LogP contribution < -0.4 is 16.4 Å². The van der Waals surface area contributed by atoms with Gasteiger partial charge in [-0.3, -0.25) is 9.59 Å². The topological polar surface area (TPSA) is 84.2 Å². The van der Waals surface area contributed by atoms with Crippen molar-refractivity contribution < 1.29 is 9.59 Å². The van der Waals surface area contributed by atoms with Gasteiger partial charge < -0.3 is 16.4 Å². The highest BCUT2D eigenvalue weighted by atomic mass is 16.2. The van der Waals surface area contributed by atoms with Crippen LogP contribution >= 0.6 is 0 Å². The summed E-state index contributed by atoms with van der Waals surface area (Å²) in [6.45, 7) is 10.4. The second kappa shape index (κ2) is 8.11. The quantitative estimate of drug-likeness (QED) is 0.712. The molecule has 1 rings (SSSR count). The van der Waals surface area contributed by atoms with E-state index >= 15 is 0 Å². The van der Waals surface area contributed by atoms with Gasteiger partial charge in [-0.05, 0) is 24.0 Å². The molecule has 0 aliphatic carbocycles. The van der Waals surface area contributed by atoms with Crippen LogP contribution in [0.4, 0.5) is 0 Å². The monoisotopic (exact) mass is 319 g/mol. The summed E-state index contributed by atoms with van der Waals surface area (Å²) in [5.74, 6) is -0.470. The number of hydrogen-bond acceptors (Lipinski definition) is 3. The van der Waals surface area contributed by atoms with E-state index in [0.29, 0.717) is 6.54 Å². The van der Waals surface area contributed by atoms with E-state index in [-0.39, 0.29) is 29.7 Å². The number of nitrogens with two attached hydrogens (primary N) is 1. The largest absolute Gasteiger partial charge is 0.354 e. The number of carbonyl (C=O) groups is 2. The highest BCUT2D eigenvalue weighted by Gasteiger charge is 2.23. The van der Waals surface area contributed by atoms with Gasteiger partial charge in [0.25, 0.3) is 0 Å². The summed E-state index contributed by atoms with van der Waals surface area (Å²) in [6, 6.07) is 7.55. The molecular weight excluding hydrogens is 290 g/mol. The molecule has 0 aliphatic rings. The molecule has 1 aromatic carbocycles. The van der Waals surface area contributed by atoms with Gasteiger partial charge >= 0.3 is 0 Å².